The van der Waals surface area contributed by atoms with Gasteiger partial charge in [0.25, 0.3) is 0 Å². The van der Waals surface area contributed by atoms with Crippen LogP contribution in [0.2, 0.25) is 0 Å². The van der Waals surface area contributed by atoms with E-state index in [4.69, 9.17) is 13.9 Å². The van der Waals surface area contributed by atoms with Crippen molar-refractivity contribution in [2.24, 2.45) is 0 Å². The van der Waals surface area contributed by atoms with E-state index < -0.39 is 0 Å². The third-order valence-corrected chi connectivity index (χ3v) is 3.10. The molecule has 1 aromatic rings. The Kier molecular flexibility index (Phi) is 9.03. The molecule has 3 nitrogen and oxygen atoms in total. The zero-order valence-electron chi connectivity index (χ0n) is 12.5. The Balaban J connectivity index is 2.15. The van der Waals surface area contributed by atoms with E-state index in [0.29, 0.717) is 0 Å². The van der Waals surface area contributed by atoms with Crippen molar-refractivity contribution in [3.8, 4) is 11.5 Å². The van der Waals surface area contributed by atoms with Gasteiger partial charge in [-0.15, -0.1) is 0 Å². The third kappa shape index (κ3) is 7.14. The molecule has 19 heavy (non-hydrogen) atoms. The van der Waals surface area contributed by atoms with E-state index in [2.05, 4.69) is 13.8 Å². The molecule has 0 saturated heterocycles. The Labute approximate surface area is 117 Å². The molecule has 0 spiro atoms. The molecule has 0 atom stereocenters. The summed E-state index contributed by atoms with van der Waals surface area (Å²) >= 11 is 0. The third-order valence-electron chi connectivity index (χ3n) is 3.10. The van der Waals surface area contributed by atoms with Gasteiger partial charge in [0, 0.05) is 0 Å². The van der Waals surface area contributed by atoms with Gasteiger partial charge in [0.15, 0.2) is 11.5 Å². The van der Waals surface area contributed by atoms with Crippen LogP contribution in [0.5, 0.6) is 11.5 Å². The lowest BCUT2D eigenvalue weighted by atomic mass is 10.2. The second-order valence-electron chi connectivity index (χ2n) is 4.92. The molecule has 0 fully saturated rings. The van der Waals surface area contributed by atoms with Crippen molar-refractivity contribution in [3.05, 3.63) is 12.5 Å². The van der Waals surface area contributed by atoms with Crippen LogP contribution in [0.25, 0.3) is 0 Å². The zero-order chi connectivity index (χ0) is 13.8. The van der Waals surface area contributed by atoms with Crippen molar-refractivity contribution < 1.29 is 13.9 Å². The van der Waals surface area contributed by atoms with E-state index in [9.17, 15) is 0 Å². The second-order valence-corrected chi connectivity index (χ2v) is 4.92. The minimum absolute atomic E-state index is 0.742. The van der Waals surface area contributed by atoms with Gasteiger partial charge >= 0.3 is 0 Å². The summed E-state index contributed by atoms with van der Waals surface area (Å²) in [6, 6.07) is 0. The Hall–Kier alpha value is -1.12. The molecule has 0 aromatic carbocycles. The Morgan fingerprint density at radius 1 is 0.737 bits per heavy atom. The van der Waals surface area contributed by atoms with Crippen molar-refractivity contribution in [1.82, 2.24) is 0 Å². The summed E-state index contributed by atoms with van der Waals surface area (Å²) in [5.74, 6) is 1.49. The molecule has 0 radical (unpaired) electrons. The standard InChI is InChI=1S/C16H28O3/c1-3-5-7-9-11-18-15-13-17-14-16(15)19-12-10-8-6-4-2/h13-14H,3-12H2,1-2H3. The van der Waals surface area contributed by atoms with E-state index in [1.54, 1.807) is 12.5 Å². The molecule has 0 amide bonds. The first-order valence-corrected chi connectivity index (χ1v) is 7.70. The van der Waals surface area contributed by atoms with Crippen LogP contribution in [0.15, 0.2) is 16.9 Å². The molecule has 110 valence electrons. The predicted octanol–water partition coefficient (Wildman–Crippen LogP) is 5.20. The van der Waals surface area contributed by atoms with E-state index >= 15 is 0 Å². The molecular weight excluding hydrogens is 240 g/mol. The maximum atomic E-state index is 5.68. The fourth-order valence-electron chi connectivity index (χ4n) is 1.91. The lowest BCUT2D eigenvalue weighted by Crippen LogP contribution is -2.01. The molecule has 0 aliphatic carbocycles. The summed E-state index contributed by atoms with van der Waals surface area (Å²) in [5, 5.41) is 0. The van der Waals surface area contributed by atoms with Gasteiger partial charge in [0.2, 0.25) is 0 Å². The van der Waals surface area contributed by atoms with Crippen LogP contribution < -0.4 is 9.47 Å². The number of hydrogen-bond acceptors (Lipinski definition) is 3. The van der Waals surface area contributed by atoms with Crippen LogP contribution in [0.1, 0.15) is 65.2 Å². The maximum Gasteiger partial charge on any atom is 0.199 e. The molecule has 0 N–H and O–H groups in total. The fraction of sp³-hybridized carbons (Fsp3) is 0.750. The van der Waals surface area contributed by atoms with Gasteiger partial charge < -0.3 is 13.9 Å². The summed E-state index contributed by atoms with van der Waals surface area (Å²) in [5.41, 5.74) is 0. The zero-order valence-corrected chi connectivity index (χ0v) is 12.5. The van der Waals surface area contributed by atoms with Crippen LogP contribution in [-0.2, 0) is 0 Å². The van der Waals surface area contributed by atoms with Gasteiger partial charge in [-0.3, -0.25) is 0 Å². The number of furan rings is 1. The highest BCUT2D eigenvalue weighted by atomic mass is 16.5. The van der Waals surface area contributed by atoms with Crippen molar-refractivity contribution in [2.45, 2.75) is 65.2 Å². The molecule has 0 bridgehead atoms. The minimum atomic E-state index is 0.742. The highest BCUT2D eigenvalue weighted by Gasteiger charge is 2.07. The molecule has 1 aromatic heterocycles. The van der Waals surface area contributed by atoms with Gasteiger partial charge in [0.05, 0.1) is 13.2 Å². The summed E-state index contributed by atoms with van der Waals surface area (Å²) in [6.45, 7) is 5.90. The quantitative estimate of drug-likeness (QED) is 0.488. The highest BCUT2D eigenvalue weighted by Crippen LogP contribution is 2.28. The van der Waals surface area contributed by atoms with Crippen molar-refractivity contribution >= 4 is 0 Å². The molecule has 3 heteroatoms. The van der Waals surface area contributed by atoms with Crippen LogP contribution in [0.3, 0.4) is 0 Å². The van der Waals surface area contributed by atoms with Gasteiger partial charge in [-0.05, 0) is 12.8 Å². The monoisotopic (exact) mass is 268 g/mol. The molecular formula is C16H28O3. The lowest BCUT2D eigenvalue weighted by molar-refractivity contribution is 0.261. The van der Waals surface area contributed by atoms with Crippen molar-refractivity contribution in [2.75, 3.05) is 13.2 Å². The summed E-state index contributed by atoms with van der Waals surface area (Å²) < 4.78 is 16.5. The molecule has 0 aliphatic heterocycles. The smallest absolute Gasteiger partial charge is 0.199 e. The van der Waals surface area contributed by atoms with Crippen LogP contribution >= 0.6 is 0 Å². The molecule has 0 aliphatic rings. The first-order valence-electron chi connectivity index (χ1n) is 7.70. The lowest BCUT2D eigenvalue weighted by Gasteiger charge is -2.07. The maximum absolute atomic E-state index is 5.68. The van der Waals surface area contributed by atoms with Gasteiger partial charge in [-0.25, -0.2) is 0 Å². The van der Waals surface area contributed by atoms with Gasteiger partial charge in [-0.2, -0.15) is 0 Å². The number of rotatable bonds is 12. The van der Waals surface area contributed by atoms with Gasteiger partial charge in [-0.1, -0.05) is 52.4 Å². The number of unbranched alkanes of at least 4 members (excludes halogenated alkanes) is 6. The predicted molar refractivity (Wildman–Crippen MR) is 78.0 cm³/mol. The first kappa shape index (κ1) is 15.9. The Morgan fingerprint density at radius 2 is 1.21 bits per heavy atom. The highest BCUT2D eigenvalue weighted by molar-refractivity contribution is 5.34. The Morgan fingerprint density at radius 3 is 1.63 bits per heavy atom. The average Bonchev–Trinajstić information content (AvgIpc) is 2.86. The molecule has 0 unspecified atom stereocenters. The largest absolute Gasteiger partial charge is 0.487 e. The van der Waals surface area contributed by atoms with E-state index in [1.807, 2.05) is 0 Å². The van der Waals surface area contributed by atoms with Crippen molar-refractivity contribution in [1.29, 1.82) is 0 Å². The van der Waals surface area contributed by atoms with Crippen LogP contribution in [0, 0.1) is 0 Å². The van der Waals surface area contributed by atoms with Crippen LogP contribution in [0.4, 0.5) is 0 Å². The van der Waals surface area contributed by atoms with E-state index in [1.165, 1.54) is 38.5 Å². The normalized spacial score (nSPS) is 10.6. The topological polar surface area (TPSA) is 31.6 Å². The summed E-state index contributed by atoms with van der Waals surface area (Å²) in [7, 11) is 0. The van der Waals surface area contributed by atoms with Gasteiger partial charge in [0.1, 0.15) is 12.5 Å². The SMILES string of the molecule is CCCCCCOc1cocc1OCCCCCC. The van der Waals surface area contributed by atoms with E-state index in [-0.39, 0.29) is 0 Å². The number of hydrogen-bond donors (Lipinski definition) is 0. The van der Waals surface area contributed by atoms with Crippen molar-refractivity contribution in [3.63, 3.8) is 0 Å². The Bertz CT molecular complexity index is 278. The molecule has 1 heterocycles. The first-order chi connectivity index (χ1) is 9.38. The molecule has 0 saturated carbocycles. The number of ether oxygens (including phenoxy) is 2. The van der Waals surface area contributed by atoms with E-state index in [0.717, 1.165) is 37.6 Å². The van der Waals surface area contributed by atoms with Crippen LogP contribution in [-0.4, -0.2) is 13.2 Å². The summed E-state index contributed by atoms with van der Waals surface area (Å²) in [6.07, 6.45) is 12.9. The molecule has 1 rings (SSSR count). The average molecular weight is 268 g/mol. The fourth-order valence-corrected chi connectivity index (χ4v) is 1.91. The summed E-state index contributed by atoms with van der Waals surface area (Å²) in [4.78, 5) is 0. The minimum Gasteiger partial charge on any atom is -0.487 e. The second kappa shape index (κ2) is 10.8.